The first kappa shape index (κ1) is 11.4. The molecular formula is C12H17N3S. The van der Waals surface area contributed by atoms with Crippen molar-refractivity contribution in [3.63, 3.8) is 0 Å². The first-order chi connectivity index (χ1) is 7.74. The lowest BCUT2D eigenvalue weighted by molar-refractivity contribution is 0.544. The topological polar surface area (TPSA) is 40.7 Å². The minimum absolute atomic E-state index is 0.488. The summed E-state index contributed by atoms with van der Waals surface area (Å²) in [5.41, 5.74) is 1.15. The summed E-state index contributed by atoms with van der Waals surface area (Å²) in [7, 11) is 0. The molecule has 1 unspecified atom stereocenters. The standard InChI is InChI=1S/C12H17N3S/c1-9(6-12-4-3-5-16-12)13-7-11-8-14-10(2)15-11/h3-5,8-9,13H,6-7H2,1-2H3,(H,14,15). The summed E-state index contributed by atoms with van der Waals surface area (Å²) in [6.45, 7) is 5.04. The van der Waals surface area contributed by atoms with E-state index in [2.05, 4.69) is 39.7 Å². The summed E-state index contributed by atoms with van der Waals surface area (Å²) >= 11 is 1.82. The van der Waals surface area contributed by atoms with Crippen molar-refractivity contribution in [2.75, 3.05) is 0 Å². The lowest BCUT2D eigenvalue weighted by Gasteiger charge is -2.11. The zero-order valence-corrected chi connectivity index (χ0v) is 10.5. The first-order valence-corrected chi connectivity index (χ1v) is 6.38. The number of hydrogen-bond acceptors (Lipinski definition) is 3. The maximum Gasteiger partial charge on any atom is 0.103 e. The van der Waals surface area contributed by atoms with E-state index in [1.807, 2.05) is 24.5 Å². The smallest absolute Gasteiger partial charge is 0.103 e. The summed E-state index contributed by atoms with van der Waals surface area (Å²) in [5, 5.41) is 5.61. The number of aromatic amines is 1. The highest BCUT2D eigenvalue weighted by atomic mass is 32.1. The Morgan fingerprint density at radius 2 is 2.44 bits per heavy atom. The molecule has 0 aliphatic heterocycles. The van der Waals surface area contributed by atoms with Gasteiger partial charge in [0, 0.05) is 29.4 Å². The van der Waals surface area contributed by atoms with E-state index >= 15 is 0 Å². The van der Waals surface area contributed by atoms with Gasteiger partial charge in [-0.25, -0.2) is 4.98 Å². The van der Waals surface area contributed by atoms with E-state index in [4.69, 9.17) is 0 Å². The lowest BCUT2D eigenvalue weighted by Crippen LogP contribution is -2.27. The molecular weight excluding hydrogens is 218 g/mol. The first-order valence-electron chi connectivity index (χ1n) is 5.50. The molecule has 0 amide bonds. The van der Waals surface area contributed by atoms with Crippen molar-refractivity contribution in [1.82, 2.24) is 15.3 Å². The van der Waals surface area contributed by atoms with Gasteiger partial charge >= 0.3 is 0 Å². The van der Waals surface area contributed by atoms with Crippen molar-refractivity contribution in [3.8, 4) is 0 Å². The molecule has 0 radical (unpaired) electrons. The number of rotatable bonds is 5. The van der Waals surface area contributed by atoms with E-state index in [9.17, 15) is 0 Å². The molecule has 2 aromatic rings. The van der Waals surface area contributed by atoms with Gasteiger partial charge in [0.15, 0.2) is 0 Å². The van der Waals surface area contributed by atoms with Gasteiger partial charge in [-0.05, 0) is 31.7 Å². The number of nitrogens with zero attached hydrogens (tertiary/aromatic N) is 1. The Labute approximate surface area is 99.9 Å². The molecule has 2 rings (SSSR count). The van der Waals surface area contributed by atoms with E-state index in [0.717, 1.165) is 24.5 Å². The van der Waals surface area contributed by atoms with Gasteiger partial charge in [0.1, 0.15) is 5.82 Å². The molecule has 2 heterocycles. The Hall–Kier alpha value is -1.13. The zero-order chi connectivity index (χ0) is 11.4. The quantitative estimate of drug-likeness (QED) is 0.836. The summed E-state index contributed by atoms with van der Waals surface area (Å²) in [6, 6.07) is 4.77. The van der Waals surface area contributed by atoms with Crippen LogP contribution in [0.25, 0.3) is 0 Å². The molecule has 0 saturated carbocycles. The van der Waals surface area contributed by atoms with Crippen LogP contribution >= 0.6 is 11.3 Å². The second kappa shape index (κ2) is 5.27. The molecule has 86 valence electrons. The van der Waals surface area contributed by atoms with E-state index in [-0.39, 0.29) is 0 Å². The van der Waals surface area contributed by atoms with Crippen LogP contribution in [0.2, 0.25) is 0 Å². The molecule has 2 N–H and O–H groups in total. The van der Waals surface area contributed by atoms with Gasteiger partial charge in [-0.1, -0.05) is 6.07 Å². The third kappa shape index (κ3) is 3.18. The van der Waals surface area contributed by atoms with E-state index in [1.165, 1.54) is 4.88 Å². The predicted molar refractivity (Wildman–Crippen MR) is 67.6 cm³/mol. The second-order valence-corrected chi connectivity index (χ2v) is 5.09. The summed E-state index contributed by atoms with van der Waals surface area (Å²) in [4.78, 5) is 8.83. The highest BCUT2D eigenvalue weighted by Crippen LogP contribution is 2.11. The molecule has 3 nitrogen and oxygen atoms in total. The van der Waals surface area contributed by atoms with Crippen LogP contribution in [0.15, 0.2) is 23.7 Å². The fourth-order valence-corrected chi connectivity index (χ4v) is 2.48. The van der Waals surface area contributed by atoms with E-state index in [0.29, 0.717) is 6.04 Å². The average molecular weight is 235 g/mol. The molecule has 16 heavy (non-hydrogen) atoms. The number of nitrogens with one attached hydrogen (secondary N) is 2. The molecule has 0 aliphatic carbocycles. The molecule has 4 heteroatoms. The Morgan fingerprint density at radius 1 is 1.56 bits per heavy atom. The number of H-pyrrole nitrogens is 1. The fourth-order valence-electron chi connectivity index (χ4n) is 1.65. The van der Waals surface area contributed by atoms with Gasteiger partial charge in [-0.15, -0.1) is 11.3 Å². The molecule has 0 fully saturated rings. The Kier molecular flexibility index (Phi) is 3.74. The van der Waals surface area contributed by atoms with Gasteiger partial charge in [-0.2, -0.15) is 0 Å². The van der Waals surface area contributed by atoms with Crippen molar-refractivity contribution in [2.45, 2.75) is 32.9 Å². The molecule has 0 saturated heterocycles. The zero-order valence-electron chi connectivity index (χ0n) is 9.66. The second-order valence-electron chi connectivity index (χ2n) is 4.06. The van der Waals surface area contributed by atoms with Crippen LogP contribution in [-0.4, -0.2) is 16.0 Å². The Balaban J connectivity index is 1.77. The van der Waals surface area contributed by atoms with E-state index in [1.54, 1.807) is 0 Å². The average Bonchev–Trinajstić information content (AvgIpc) is 2.87. The van der Waals surface area contributed by atoms with Crippen LogP contribution in [0, 0.1) is 6.92 Å². The van der Waals surface area contributed by atoms with E-state index < -0.39 is 0 Å². The minimum atomic E-state index is 0.488. The summed E-state index contributed by atoms with van der Waals surface area (Å²) in [6.07, 6.45) is 2.98. The molecule has 2 aromatic heterocycles. The predicted octanol–water partition coefficient (Wildman–Crippen LogP) is 2.50. The normalized spacial score (nSPS) is 12.9. The van der Waals surface area contributed by atoms with Gasteiger partial charge in [0.2, 0.25) is 0 Å². The summed E-state index contributed by atoms with van der Waals surface area (Å²) < 4.78 is 0. The molecule has 0 spiro atoms. The van der Waals surface area contributed by atoms with Crippen molar-refractivity contribution in [2.24, 2.45) is 0 Å². The molecule has 1 atom stereocenters. The van der Waals surface area contributed by atoms with Crippen LogP contribution in [0.5, 0.6) is 0 Å². The number of aryl methyl sites for hydroxylation is 1. The number of hydrogen-bond donors (Lipinski definition) is 2. The van der Waals surface area contributed by atoms with Gasteiger partial charge in [0.25, 0.3) is 0 Å². The van der Waals surface area contributed by atoms with Crippen LogP contribution < -0.4 is 5.32 Å². The molecule has 0 aromatic carbocycles. The van der Waals surface area contributed by atoms with Crippen LogP contribution in [-0.2, 0) is 13.0 Å². The third-order valence-corrected chi connectivity index (χ3v) is 3.38. The third-order valence-electron chi connectivity index (χ3n) is 2.48. The number of aromatic nitrogens is 2. The van der Waals surface area contributed by atoms with Gasteiger partial charge in [0.05, 0.1) is 0 Å². The maximum atomic E-state index is 4.18. The highest BCUT2D eigenvalue weighted by Gasteiger charge is 2.04. The lowest BCUT2D eigenvalue weighted by atomic mass is 10.2. The Morgan fingerprint density at radius 3 is 3.06 bits per heavy atom. The van der Waals surface area contributed by atoms with Gasteiger partial charge < -0.3 is 10.3 Å². The molecule has 0 aliphatic rings. The van der Waals surface area contributed by atoms with Crippen LogP contribution in [0.1, 0.15) is 23.3 Å². The number of imidazole rings is 1. The Bertz CT molecular complexity index is 419. The summed E-state index contributed by atoms with van der Waals surface area (Å²) in [5.74, 6) is 0.975. The van der Waals surface area contributed by atoms with Crippen molar-refractivity contribution in [3.05, 3.63) is 40.1 Å². The fraction of sp³-hybridized carbons (Fsp3) is 0.417. The number of thiophene rings is 1. The largest absolute Gasteiger partial charge is 0.345 e. The van der Waals surface area contributed by atoms with Crippen molar-refractivity contribution >= 4 is 11.3 Å². The van der Waals surface area contributed by atoms with Crippen LogP contribution in [0.3, 0.4) is 0 Å². The molecule has 0 bridgehead atoms. The highest BCUT2D eigenvalue weighted by molar-refractivity contribution is 7.09. The van der Waals surface area contributed by atoms with Gasteiger partial charge in [-0.3, -0.25) is 0 Å². The van der Waals surface area contributed by atoms with Crippen molar-refractivity contribution < 1.29 is 0 Å². The monoisotopic (exact) mass is 235 g/mol. The minimum Gasteiger partial charge on any atom is -0.345 e. The van der Waals surface area contributed by atoms with Crippen LogP contribution in [0.4, 0.5) is 0 Å². The van der Waals surface area contributed by atoms with Crippen molar-refractivity contribution in [1.29, 1.82) is 0 Å². The maximum absolute atomic E-state index is 4.18. The SMILES string of the molecule is Cc1ncc(CNC(C)Cc2cccs2)[nH]1.